The monoisotopic (exact) mass is 305 g/mol. The minimum absolute atomic E-state index is 0.127. The fourth-order valence-electron chi connectivity index (χ4n) is 1.88. The molecular formula is C15H12FNO5. The molecule has 0 saturated carbocycles. The largest absolute Gasteiger partial charge is 0.477 e. The van der Waals surface area contributed by atoms with Gasteiger partial charge < -0.3 is 14.8 Å². The SMILES string of the molecule is CCOC(=O)c1ccc(-c2c[nH]c(=O)c(C(=O)O)c2)cc1F. The predicted octanol–water partition coefficient (Wildman–Crippen LogP) is 2.06. The molecule has 7 heteroatoms. The second-order valence-electron chi connectivity index (χ2n) is 4.35. The van der Waals surface area contributed by atoms with Gasteiger partial charge in [0.05, 0.1) is 12.2 Å². The average molecular weight is 305 g/mol. The number of aromatic amines is 1. The van der Waals surface area contributed by atoms with E-state index in [-0.39, 0.29) is 12.2 Å². The van der Waals surface area contributed by atoms with E-state index in [0.717, 1.165) is 12.1 Å². The van der Waals surface area contributed by atoms with E-state index < -0.39 is 28.9 Å². The van der Waals surface area contributed by atoms with Crippen LogP contribution in [0.2, 0.25) is 0 Å². The van der Waals surface area contributed by atoms with Crippen molar-refractivity contribution in [3.8, 4) is 11.1 Å². The molecule has 1 aromatic heterocycles. The molecule has 0 aliphatic heterocycles. The molecule has 114 valence electrons. The molecule has 0 unspecified atom stereocenters. The molecule has 1 aromatic carbocycles. The number of carboxylic acids is 1. The Morgan fingerprint density at radius 3 is 2.55 bits per heavy atom. The van der Waals surface area contributed by atoms with Gasteiger partial charge >= 0.3 is 11.9 Å². The first-order valence-corrected chi connectivity index (χ1v) is 6.37. The summed E-state index contributed by atoms with van der Waals surface area (Å²) >= 11 is 0. The van der Waals surface area contributed by atoms with Gasteiger partial charge in [-0.15, -0.1) is 0 Å². The molecule has 2 N–H and O–H groups in total. The smallest absolute Gasteiger partial charge is 0.341 e. The summed E-state index contributed by atoms with van der Waals surface area (Å²) in [7, 11) is 0. The van der Waals surface area contributed by atoms with Gasteiger partial charge in [-0.1, -0.05) is 6.07 Å². The first kappa shape index (κ1) is 15.4. The molecule has 2 rings (SSSR count). The third kappa shape index (κ3) is 3.03. The van der Waals surface area contributed by atoms with Crippen molar-refractivity contribution in [2.45, 2.75) is 6.92 Å². The van der Waals surface area contributed by atoms with Crippen LogP contribution in [0.5, 0.6) is 0 Å². The van der Waals surface area contributed by atoms with Gasteiger partial charge in [-0.05, 0) is 36.2 Å². The number of rotatable bonds is 4. The first-order chi connectivity index (χ1) is 10.4. The lowest BCUT2D eigenvalue weighted by atomic mass is 10.0. The Hall–Kier alpha value is -2.96. The number of carbonyl (C=O) groups excluding carboxylic acids is 1. The quantitative estimate of drug-likeness (QED) is 0.843. The minimum atomic E-state index is -1.38. The number of carbonyl (C=O) groups is 2. The molecule has 0 radical (unpaired) electrons. The van der Waals surface area contributed by atoms with Crippen LogP contribution in [0.4, 0.5) is 4.39 Å². The lowest BCUT2D eigenvalue weighted by Crippen LogP contribution is -2.16. The zero-order valence-electron chi connectivity index (χ0n) is 11.6. The van der Waals surface area contributed by atoms with Gasteiger partial charge in [0.2, 0.25) is 0 Å². The maximum absolute atomic E-state index is 14.0. The van der Waals surface area contributed by atoms with E-state index in [9.17, 15) is 18.8 Å². The zero-order valence-corrected chi connectivity index (χ0v) is 11.6. The molecular weight excluding hydrogens is 293 g/mol. The minimum Gasteiger partial charge on any atom is -0.477 e. The Kier molecular flexibility index (Phi) is 4.36. The van der Waals surface area contributed by atoms with Gasteiger partial charge in [0.1, 0.15) is 11.4 Å². The highest BCUT2D eigenvalue weighted by atomic mass is 19.1. The molecule has 0 spiro atoms. The van der Waals surface area contributed by atoms with E-state index in [1.807, 2.05) is 0 Å². The van der Waals surface area contributed by atoms with Crippen LogP contribution in [-0.4, -0.2) is 28.6 Å². The van der Waals surface area contributed by atoms with E-state index in [1.54, 1.807) is 6.92 Å². The number of hydrogen-bond acceptors (Lipinski definition) is 4. The Balaban J connectivity index is 2.45. The lowest BCUT2D eigenvalue weighted by Gasteiger charge is -2.06. The number of aromatic nitrogens is 1. The third-order valence-corrected chi connectivity index (χ3v) is 2.93. The summed E-state index contributed by atoms with van der Waals surface area (Å²) in [4.78, 5) is 36.1. The number of hydrogen-bond donors (Lipinski definition) is 2. The maximum Gasteiger partial charge on any atom is 0.341 e. The molecule has 0 aliphatic carbocycles. The Morgan fingerprint density at radius 1 is 1.23 bits per heavy atom. The zero-order chi connectivity index (χ0) is 16.3. The van der Waals surface area contributed by atoms with Crippen LogP contribution in [0, 0.1) is 5.82 Å². The fourth-order valence-corrected chi connectivity index (χ4v) is 1.88. The molecule has 0 amide bonds. The highest BCUT2D eigenvalue weighted by Crippen LogP contribution is 2.22. The number of esters is 1. The Bertz CT molecular complexity index is 797. The highest BCUT2D eigenvalue weighted by Gasteiger charge is 2.15. The summed E-state index contributed by atoms with van der Waals surface area (Å²) in [6.07, 6.45) is 1.27. The van der Waals surface area contributed by atoms with Crippen LogP contribution in [0.25, 0.3) is 11.1 Å². The standard InChI is InChI=1S/C15H12FNO5/c1-2-22-15(21)10-4-3-8(6-12(10)16)9-5-11(14(19)20)13(18)17-7-9/h3-7H,2H2,1H3,(H,17,18)(H,19,20). The van der Waals surface area contributed by atoms with Gasteiger partial charge in [0.15, 0.2) is 0 Å². The Labute approximate surface area is 124 Å². The number of halogens is 1. The molecule has 22 heavy (non-hydrogen) atoms. The van der Waals surface area contributed by atoms with Crippen molar-refractivity contribution in [1.82, 2.24) is 4.98 Å². The van der Waals surface area contributed by atoms with Gasteiger partial charge in [-0.25, -0.2) is 14.0 Å². The van der Waals surface area contributed by atoms with E-state index in [2.05, 4.69) is 4.98 Å². The molecule has 0 bridgehead atoms. The highest BCUT2D eigenvalue weighted by molar-refractivity contribution is 5.91. The number of carboxylic acid groups (broad SMARTS) is 1. The summed E-state index contributed by atoms with van der Waals surface area (Å²) in [5.41, 5.74) is -0.781. The number of benzene rings is 1. The van der Waals surface area contributed by atoms with Gasteiger partial charge in [0.25, 0.3) is 5.56 Å². The molecule has 0 atom stereocenters. The fraction of sp³-hybridized carbons (Fsp3) is 0.133. The normalized spacial score (nSPS) is 10.3. The molecule has 1 heterocycles. The maximum atomic E-state index is 14.0. The number of nitrogens with one attached hydrogen (secondary N) is 1. The second kappa shape index (κ2) is 6.21. The average Bonchev–Trinajstić information content (AvgIpc) is 2.47. The summed E-state index contributed by atoms with van der Waals surface area (Å²) in [5, 5.41) is 8.91. The summed E-state index contributed by atoms with van der Waals surface area (Å²) in [5.74, 6) is -2.95. The molecule has 6 nitrogen and oxygen atoms in total. The van der Waals surface area contributed by atoms with Crippen LogP contribution in [0.15, 0.2) is 35.3 Å². The van der Waals surface area contributed by atoms with Crippen LogP contribution in [-0.2, 0) is 4.74 Å². The molecule has 0 fully saturated rings. The molecule has 0 aliphatic rings. The second-order valence-corrected chi connectivity index (χ2v) is 4.35. The molecule has 0 saturated heterocycles. The van der Waals surface area contributed by atoms with Crippen molar-refractivity contribution in [3.63, 3.8) is 0 Å². The van der Waals surface area contributed by atoms with Crippen molar-refractivity contribution < 1.29 is 23.8 Å². The number of aromatic carboxylic acids is 1. The Morgan fingerprint density at radius 2 is 1.95 bits per heavy atom. The molecule has 2 aromatic rings. The van der Waals surface area contributed by atoms with E-state index in [0.29, 0.717) is 11.1 Å². The van der Waals surface area contributed by atoms with Gasteiger partial charge in [-0.3, -0.25) is 4.79 Å². The van der Waals surface area contributed by atoms with Gasteiger partial charge in [0, 0.05) is 6.20 Å². The number of ether oxygens (including phenoxy) is 1. The third-order valence-electron chi connectivity index (χ3n) is 2.93. The van der Waals surface area contributed by atoms with E-state index in [1.165, 1.54) is 18.3 Å². The topological polar surface area (TPSA) is 96.5 Å². The first-order valence-electron chi connectivity index (χ1n) is 6.37. The number of H-pyrrole nitrogens is 1. The summed E-state index contributed by atoms with van der Waals surface area (Å²) in [6.45, 7) is 1.74. The predicted molar refractivity (Wildman–Crippen MR) is 75.4 cm³/mol. The van der Waals surface area contributed by atoms with Crippen molar-refractivity contribution in [2.24, 2.45) is 0 Å². The van der Waals surface area contributed by atoms with Crippen LogP contribution in [0.3, 0.4) is 0 Å². The van der Waals surface area contributed by atoms with Crippen LogP contribution in [0.1, 0.15) is 27.6 Å². The van der Waals surface area contributed by atoms with Crippen molar-refractivity contribution in [3.05, 3.63) is 57.8 Å². The van der Waals surface area contributed by atoms with Gasteiger partial charge in [-0.2, -0.15) is 0 Å². The van der Waals surface area contributed by atoms with E-state index in [4.69, 9.17) is 9.84 Å². The summed E-state index contributed by atoms with van der Waals surface area (Å²) < 4.78 is 18.7. The van der Waals surface area contributed by atoms with Crippen LogP contribution < -0.4 is 5.56 Å². The van der Waals surface area contributed by atoms with Crippen molar-refractivity contribution in [2.75, 3.05) is 6.61 Å². The lowest BCUT2D eigenvalue weighted by molar-refractivity contribution is 0.0520. The van der Waals surface area contributed by atoms with E-state index >= 15 is 0 Å². The number of pyridine rings is 1. The van der Waals surface area contributed by atoms with Crippen LogP contribution >= 0.6 is 0 Å². The summed E-state index contributed by atoms with van der Waals surface area (Å²) in [6, 6.07) is 4.90. The van der Waals surface area contributed by atoms with Crippen molar-refractivity contribution >= 4 is 11.9 Å². The van der Waals surface area contributed by atoms with Crippen molar-refractivity contribution in [1.29, 1.82) is 0 Å².